The number of halogens is 1. The SMILES string of the molecule is CCC(C)c1nc(=S)c(Br)c(C(C)(C)C)[nH]1. The van der Waals surface area contributed by atoms with Crippen LogP contribution in [0.25, 0.3) is 0 Å². The lowest BCUT2D eigenvalue weighted by atomic mass is 9.92. The van der Waals surface area contributed by atoms with Gasteiger partial charge in [-0.05, 0) is 22.4 Å². The Balaban J connectivity index is 3.40. The van der Waals surface area contributed by atoms with Gasteiger partial charge in [-0.3, -0.25) is 0 Å². The summed E-state index contributed by atoms with van der Waals surface area (Å²) >= 11 is 8.81. The van der Waals surface area contributed by atoms with Crippen LogP contribution in [0.1, 0.15) is 58.5 Å². The predicted octanol–water partition coefficient (Wildman–Crippen LogP) is 4.71. The fraction of sp³-hybridized carbons (Fsp3) is 0.667. The van der Waals surface area contributed by atoms with Gasteiger partial charge in [-0.2, -0.15) is 0 Å². The van der Waals surface area contributed by atoms with Gasteiger partial charge in [0.25, 0.3) is 0 Å². The minimum atomic E-state index is 0.0392. The lowest BCUT2D eigenvalue weighted by molar-refractivity contribution is 0.548. The number of rotatable bonds is 2. The van der Waals surface area contributed by atoms with Crippen molar-refractivity contribution in [3.05, 3.63) is 20.6 Å². The summed E-state index contributed by atoms with van der Waals surface area (Å²) < 4.78 is 1.57. The molecule has 90 valence electrons. The zero-order valence-corrected chi connectivity index (χ0v) is 12.9. The maximum Gasteiger partial charge on any atom is 0.144 e. The van der Waals surface area contributed by atoms with E-state index in [0.717, 1.165) is 22.4 Å². The second kappa shape index (κ2) is 4.96. The smallest absolute Gasteiger partial charge is 0.144 e. The molecule has 2 nitrogen and oxygen atoms in total. The molecule has 0 saturated heterocycles. The van der Waals surface area contributed by atoms with Gasteiger partial charge in [0.1, 0.15) is 10.5 Å². The van der Waals surface area contributed by atoms with Gasteiger partial charge >= 0.3 is 0 Å². The van der Waals surface area contributed by atoms with E-state index in [0.29, 0.717) is 10.6 Å². The van der Waals surface area contributed by atoms with Gasteiger partial charge in [0.15, 0.2) is 0 Å². The molecule has 0 bridgehead atoms. The third kappa shape index (κ3) is 2.92. The van der Waals surface area contributed by atoms with Crippen LogP contribution in [0.15, 0.2) is 4.47 Å². The van der Waals surface area contributed by atoms with E-state index in [-0.39, 0.29) is 5.41 Å². The number of hydrogen-bond donors (Lipinski definition) is 1. The Morgan fingerprint density at radius 3 is 2.44 bits per heavy atom. The molecule has 16 heavy (non-hydrogen) atoms. The lowest BCUT2D eigenvalue weighted by Gasteiger charge is -2.22. The molecule has 1 aromatic heterocycles. The summed E-state index contributed by atoms with van der Waals surface area (Å²) in [4.78, 5) is 7.85. The largest absolute Gasteiger partial charge is 0.345 e. The molecule has 1 heterocycles. The van der Waals surface area contributed by atoms with E-state index in [2.05, 4.69) is 60.5 Å². The highest BCUT2D eigenvalue weighted by Gasteiger charge is 2.21. The lowest BCUT2D eigenvalue weighted by Crippen LogP contribution is -2.17. The van der Waals surface area contributed by atoms with Crippen LogP contribution in [-0.2, 0) is 5.41 Å². The summed E-state index contributed by atoms with van der Waals surface area (Å²) in [7, 11) is 0. The van der Waals surface area contributed by atoms with Crippen LogP contribution in [0.4, 0.5) is 0 Å². The maximum absolute atomic E-state index is 5.29. The van der Waals surface area contributed by atoms with E-state index in [1.807, 2.05) is 0 Å². The highest BCUT2D eigenvalue weighted by Crippen LogP contribution is 2.29. The Labute approximate surface area is 111 Å². The van der Waals surface area contributed by atoms with Gasteiger partial charge in [-0.15, -0.1) is 0 Å². The average molecular weight is 303 g/mol. The molecule has 1 rings (SSSR count). The highest BCUT2D eigenvalue weighted by atomic mass is 79.9. The standard InChI is InChI=1S/C12H19BrN2S/c1-6-7(2)10-14-9(12(3,4)5)8(13)11(16)15-10/h7H,6H2,1-5H3,(H,14,15,16). The molecule has 0 aliphatic heterocycles. The Morgan fingerprint density at radius 1 is 1.44 bits per heavy atom. The molecular formula is C12H19BrN2S. The van der Waals surface area contributed by atoms with Crippen molar-refractivity contribution in [3.8, 4) is 0 Å². The zero-order chi connectivity index (χ0) is 12.5. The molecule has 0 aliphatic carbocycles. The first-order valence-electron chi connectivity index (χ1n) is 5.57. The number of hydrogen-bond acceptors (Lipinski definition) is 2. The fourth-order valence-corrected chi connectivity index (χ4v) is 2.40. The molecule has 0 radical (unpaired) electrons. The Kier molecular flexibility index (Phi) is 4.29. The maximum atomic E-state index is 5.29. The molecule has 0 amide bonds. The second-order valence-electron chi connectivity index (χ2n) is 5.18. The van der Waals surface area contributed by atoms with Crippen molar-refractivity contribution in [1.29, 1.82) is 0 Å². The first-order valence-corrected chi connectivity index (χ1v) is 6.77. The Morgan fingerprint density at radius 2 is 2.00 bits per heavy atom. The quantitative estimate of drug-likeness (QED) is 0.801. The van der Waals surface area contributed by atoms with Crippen LogP contribution in [0.5, 0.6) is 0 Å². The number of nitrogens with one attached hydrogen (secondary N) is 1. The summed E-state index contributed by atoms with van der Waals surface area (Å²) in [5.41, 5.74) is 1.17. The summed E-state index contributed by atoms with van der Waals surface area (Å²) in [6.07, 6.45) is 1.06. The van der Waals surface area contributed by atoms with Crippen molar-refractivity contribution in [2.24, 2.45) is 0 Å². The summed E-state index contributed by atoms with van der Waals surface area (Å²) in [6, 6.07) is 0. The molecule has 1 atom stereocenters. The topological polar surface area (TPSA) is 28.7 Å². The molecule has 0 spiro atoms. The minimum absolute atomic E-state index is 0.0392. The van der Waals surface area contributed by atoms with Gasteiger partial charge in [0.2, 0.25) is 0 Å². The highest BCUT2D eigenvalue weighted by molar-refractivity contribution is 9.10. The van der Waals surface area contributed by atoms with Gasteiger partial charge in [0, 0.05) is 17.0 Å². The first-order chi connectivity index (χ1) is 7.27. The Hall–Kier alpha value is -0.220. The average Bonchev–Trinajstić information content (AvgIpc) is 2.18. The molecule has 0 fully saturated rings. The number of aromatic amines is 1. The van der Waals surface area contributed by atoms with Crippen LogP contribution < -0.4 is 0 Å². The summed E-state index contributed by atoms with van der Waals surface area (Å²) in [5.74, 6) is 1.40. The third-order valence-electron chi connectivity index (χ3n) is 2.71. The van der Waals surface area contributed by atoms with E-state index >= 15 is 0 Å². The number of H-pyrrole nitrogens is 1. The minimum Gasteiger partial charge on any atom is -0.345 e. The fourth-order valence-electron chi connectivity index (χ4n) is 1.42. The third-order valence-corrected chi connectivity index (χ3v) is 4.04. The van der Waals surface area contributed by atoms with Crippen molar-refractivity contribution in [2.45, 2.75) is 52.4 Å². The second-order valence-corrected chi connectivity index (χ2v) is 6.36. The molecular weight excluding hydrogens is 284 g/mol. The van der Waals surface area contributed by atoms with Crippen molar-refractivity contribution in [2.75, 3.05) is 0 Å². The van der Waals surface area contributed by atoms with Gasteiger partial charge in [-0.1, -0.05) is 46.8 Å². The van der Waals surface area contributed by atoms with Crippen molar-refractivity contribution < 1.29 is 0 Å². The summed E-state index contributed by atoms with van der Waals surface area (Å²) in [5, 5.41) is 0. The normalized spacial score (nSPS) is 13.9. The molecule has 1 aromatic rings. The monoisotopic (exact) mass is 302 g/mol. The van der Waals surface area contributed by atoms with E-state index < -0.39 is 0 Å². The van der Waals surface area contributed by atoms with Crippen molar-refractivity contribution in [1.82, 2.24) is 9.97 Å². The van der Waals surface area contributed by atoms with Gasteiger partial charge in [-0.25, -0.2) is 4.98 Å². The van der Waals surface area contributed by atoms with Crippen LogP contribution in [0.2, 0.25) is 0 Å². The molecule has 1 unspecified atom stereocenters. The number of nitrogens with zero attached hydrogens (tertiary/aromatic N) is 1. The van der Waals surface area contributed by atoms with E-state index in [1.165, 1.54) is 0 Å². The molecule has 0 aromatic carbocycles. The number of aromatic nitrogens is 2. The molecule has 0 saturated carbocycles. The van der Waals surface area contributed by atoms with Crippen LogP contribution >= 0.6 is 28.1 Å². The van der Waals surface area contributed by atoms with Gasteiger partial charge in [0.05, 0.1) is 4.47 Å². The predicted molar refractivity (Wildman–Crippen MR) is 74.5 cm³/mol. The Bertz CT molecular complexity index is 432. The molecule has 0 aliphatic rings. The van der Waals surface area contributed by atoms with E-state index in [9.17, 15) is 0 Å². The van der Waals surface area contributed by atoms with Crippen LogP contribution in [-0.4, -0.2) is 9.97 Å². The van der Waals surface area contributed by atoms with E-state index in [4.69, 9.17) is 12.2 Å². The van der Waals surface area contributed by atoms with Crippen molar-refractivity contribution in [3.63, 3.8) is 0 Å². The van der Waals surface area contributed by atoms with Gasteiger partial charge < -0.3 is 4.98 Å². The first kappa shape index (κ1) is 13.8. The summed E-state index contributed by atoms with van der Waals surface area (Å²) in [6.45, 7) is 10.8. The van der Waals surface area contributed by atoms with Crippen molar-refractivity contribution >= 4 is 28.1 Å². The molecule has 4 heteroatoms. The molecule has 1 N–H and O–H groups in total. The van der Waals surface area contributed by atoms with E-state index in [1.54, 1.807) is 0 Å². The van der Waals surface area contributed by atoms with Crippen LogP contribution in [0, 0.1) is 4.64 Å². The van der Waals surface area contributed by atoms with Crippen LogP contribution in [0.3, 0.4) is 0 Å². The zero-order valence-electron chi connectivity index (χ0n) is 10.5.